The van der Waals surface area contributed by atoms with E-state index in [1.54, 1.807) is 12.1 Å². The van der Waals surface area contributed by atoms with E-state index >= 15 is 0 Å². The zero-order chi connectivity index (χ0) is 10.7. The van der Waals surface area contributed by atoms with Crippen LogP contribution in [0.3, 0.4) is 0 Å². The summed E-state index contributed by atoms with van der Waals surface area (Å²) in [6, 6.07) is 11.4. The fourth-order valence-electron chi connectivity index (χ4n) is 1.42. The molecule has 2 aromatic rings. The molecule has 15 heavy (non-hydrogen) atoms. The number of hydrogen-bond donors (Lipinski definition) is 0. The predicted octanol–water partition coefficient (Wildman–Crippen LogP) is 3.06. The third kappa shape index (κ3) is 2.20. The lowest BCUT2D eigenvalue weighted by Gasteiger charge is -2.05. The summed E-state index contributed by atoms with van der Waals surface area (Å²) in [5.41, 5.74) is 1.61. The lowest BCUT2D eigenvalue weighted by Crippen LogP contribution is -1.97. The summed E-state index contributed by atoms with van der Waals surface area (Å²) >= 11 is 6.06. The highest BCUT2D eigenvalue weighted by Gasteiger charge is 2.01. The van der Waals surface area contributed by atoms with Gasteiger partial charge in [-0.2, -0.15) is 5.26 Å². The highest BCUT2D eigenvalue weighted by Crippen LogP contribution is 2.18. The summed E-state index contributed by atoms with van der Waals surface area (Å²) in [6.07, 6.45) is 3.96. The zero-order valence-electron chi connectivity index (χ0n) is 8.02. The molecule has 1 aromatic carbocycles. The Morgan fingerprint density at radius 3 is 2.60 bits per heavy atom. The summed E-state index contributed by atoms with van der Waals surface area (Å²) in [5, 5.41) is 9.34. The summed E-state index contributed by atoms with van der Waals surface area (Å²) < 4.78 is 2.03. The minimum absolute atomic E-state index is 0.594. The Morgan fingerprint density at radius 1 is 1.27 bits per heavy atom. The largest absolute Gasteiger partial charge is 0.350 e. The molecule has 0 aliphatic heterocycles. The first-order chi connectivity index (χ1) is 7.29. The summed E-state index contributed by atoms with van der Waals surface area (Å²) in [5.74, 6) is 0. The van der Waals surface area contributed by atoms with Crippen LogP contribution in [0.2, 0.25) is 5.02 Å². The molecule has 1 aromatic heterocycles. The fraction of sp³-hybridized carbons (Fsp3) is 0.0833. The Labute approximate surface area is 93.3 Å². The third-order valence-electron chi connectivity index (χ3n) is 2.20. The molecule has 2 nitrogen and oxygen atoms in total. The highest BCUT2D eigenvalue weighted by molar-refractivity contribution is 6.31. The number of benzene rings is 1. The third-order valence-corrected chi connectivity index (χ3v) is 2.55. The van der Waals surface area contributed by atoms with Gasteiger partial charge in [-0.05, 0) is 29.8 Å². The van der Waals surface area contributed by atoms with Crippen LogP contribution in [-0.4, -0.2) is 4.57 Å². The number of rotatable bonds is 2. The minimum Gasteiger partial charge on any atom is -0.350 e. The van der Waals surface area contributed by atoms with Gasteiger partial charge in [0.15, 0.2) is 0 Å². The van der Waals surface area contributed by atoms with E-state index in [2.05, 4.69) is 6.07 Å². The maximum Gasteiger partial charge on any atom is 0.0992 e. The van der Waals surface area contributed by atoms with Gasteiger partial charge in [0.05, 0.1) is 11.6 Å². The van der Waals surface area contributed by atoms with Crippen LogP contribution in [0.5, 0.6) is 0 Å². The molecule has 0 fully saturated rings. The van der Waals surface area contributed by atoms with Gasteiger partial charge in [-0.15, -0.1) is 0 Å². The second-order valence-electron chi connectivity index (χ2n) is 3.27. The second-order valence-corrected chi connectivity index (χ2v) is 3.68. The number of halogens is 1. The lowest BCUT2D eigenvalue weighted by molar-refractivity contribution is 0.806. The van der Waals surface area contributed by atoms with Crippen molar-refractivity contribution >= 4 is 11.6 Å². The molecule has 0 amide bonds. The van der Waals surface area contributed by atoms with E-state index in [1.165, 1.54) is 0 Å². The van der Waals surface area contributed by atoms with E-state index < -0.39 is 0 Å². The van der Waals surface area contributed by atoms with Gasteiger partial charge in [0.2, 0.25) is 0 Å². The predicted molar refractivity (Wildman–Crippen MR) is 59.7 cm³/mol. The topological polar surface area (TPSA) is 28.7 Å². The van der Waals surface area contributed by atoms with Crippen molar-refractivity contribution in [2.24, 2.45) is 0 Å². The lowest BCUT2D eigenvalue weighted by atomic mass is 10.1. The SMILES string of the molecule is N#Cc1ccc(Cn2cccc2)c(Cl)c1. The van der Waals surface area contributed by atoms with Crippen LogP contribution in [0, 0.1) is 11.3 Å². The average molecular weight is 217 g/mol. The summed E-state index contributed by atoms with van der Waals surface area (Å²) in [6.45, 7) is 0.734. The summed E-state index contributed by atoms with van der Waals surface area (Å²) in [7, 11) is 0. The van der Waals surface area contributed by atoms with E-state index in [4.69, 9.17) is 16.9 Å². The number of hydrogen-bond acceptors (Lipinski definition) is 1. The van der Waals surface area contributed by atoms with Crippen molar-refractivity contribution < 1.29 is 0 Å². The summed E-state index contributed by atoms with van der Waals surface area (Å²) in [4.78, 5) is 0. The molecule has 0 saturated carbocycles. The fourth-order valence-corrected chi connectivity index (χ4v) is 1.66. The molecule has 0 saturated heterocycles. The van der Waals surface area contributed by atoms with Gasteiger partial charge in [0.25, 0.3) is 0 Å². The van der Waals surface area contributed by atoms with Crippen LogP contribution < -0.4 is 0 Å². The van der Waals surface area contributed by atoms with Crippen LogP contribution in [0.4, 0.5) is 0 Å². The Kier molecular flexibility index (Phi) is 2.75. The van der Waals surface area contributed by atoms with Crippen molar-refractivity contribution in [3.63, 3.8) is 0 Å². The molecule has 1 heterocycles. The molecule has 0 aliphatic carbocycles. The van der Waals surface area contributed by atoms with Crippen molar-refractivity contribution in [3.05, 3.63) is 58.9 Å². The molecule has 3 heteroatoms. The maximum atomic E-state index is 8.70. The molecule has 0 unspecified atom stereocenters. The van der Waals surface area contributed by atoms with Gasteiger partial charge in [-0.25, -0.2) is 0 Å². The minimum atomic E-state index is 0.594. The quantitative estimate of drug-likeness (QED) is 0.759. The first kappa shape index (κ1) is 9.82. The van der Waals surface area contributed by atoms with E-state index in [0.717, 1.165) is 12.1 Å². The van der Waals surface area contributed by atoms with Crippen LogP contribution in [-0.2, 0) is 6.54 Å². The molecule has 74 valence electrons. The smallest absolute Gasteiger partial charge is 0.0992 e. The van der Waals surface area contributed by atoms with E-state index in [-0.39, 0.29) is 0 Å². The van der Waals surface area contributed by atoms with Crippen molar-refractivity contribution in [3.8, 4) is 6.07 Å². The van der Waals surface area contributed by atoms with Gasteiger partial charge in [0, 0.05) is 24.0 Å². The van der Waals surface area contributed by atoms with Gasteiger partial charge in [0.1, 0.15) is 0 Å². The monoisotopic (exact) mass is 216 g/mol. The van der Waals surface area contributed by atoms with Crippen LogP contribution >= 0.6 is 11.6 Å². The number of nitriles is 1. The Morgan fingerprint density at radius 2 is 2.00 bits per heavy atom. The van der Waals surface area contributed by atoms with Gasteiger partial charge >= 0.3 is 0 Å². The Hall–Kier alpha value is -1.72. The van der Waals surface area contributed by atoms with Crippen LogP contribution in [0.25, 0.3) is 0 Å². The molecule has 0 radical (unpaired) electrons. The van der Waals surface area contributed by atoms with Gasteiger partial charge in [-0.1, -0.05) is 17.7 Å². The molecule has 0 spiro atoms. The molecule has 0 atom stereocenters. The Bertz CT molecular complexity index is 495. The maximum absolute atomic E-state index is 8.70. The van der Waals surface area contributed by atoms with Crippen LogP contribution in [0.1, 0.15) is 11.1 Å². The molecular formula is C12H9ClN2. The van der Waals surface area contributed by atoms with Crippen LogP contribution in [0.15, 0.2) is 42.7 Å². The highest BCUT2D eigenvalue weighted by atomic mass is 35.5. The molecule has 0 aliphatic rings. The number of nitrogens with zero attached hydrogens (tertiary/aromatic N) is 2. The standard InChI is InChI=1S/C12H9ClN2/c13-12-7-10(8-14)3-4-11(12)9-15-5-1-2-6-15/h1-7H,9H2. The zero-order valence-corrected chi connectivity index (χ0v) is 8.78. The van der Waals surface area contributed by atoms with E-state index in [1.807, 2.05) is 35.2 Å². The molecule has 0 N–H and O–H groups in total. The number of aromatic nitrogens is 1. The Balaban J connectivity index is 2.27. The normalized spacial score (nSPS) is 9.87. The first-order valence-electron chi connectivity index (χ1n) is 4.59. The van der Waals surface area contributed by atoms with Crippen molar-refractivity contribution in [2.45, 2.75) is 6.54 Å². The van der Waals surface area contributed by atoms with Gasteiger partial charge < -0.3 is 4.57 Å². The molecule has 2 rings (SSSR count). The van der Waals surface area contributed by atoms with Crippen molar-refractivity contribution in [1.82, 2.24) is 4.57 Å². The van der Waals surface area contributed by atoms with Crippen molar-refractivity contribution in [2.75, 3.05) is 0 Å². The van der Waals surface area contributed by atoms with Gasteiger partial charge in [-0.3, -0.25) is 0 Å². The van der Waals surface area contributed by atoms with Crippen molar-refractivity contribution in [1.29, 1.82) is 5.26 Å². The molecular weight excluding hydrogens is 208 g/mol. The first-order valence-corrected chi connectivity index (χ1v) is 4.96. The average Bonchev–Trinajstić information content (AvgIpc) is 2.74. The van der Waals surface area contributed by atoms with E-state index in [0.29, 0.717) is 10.6 Å². The second kappa shape index (κ2) is 4.20. The van der Waals surface area contributed by atoms with E-state index in [9.17, 15) is 0 Å². The molecule has 0 bridgehead atoms.